The van der Waals surface area contributed by atoms with Gasteiger partial charge in [0.05, 0.1) is 11.9 Å². The maximum atomic E-state index is 10.8. The van der Waals surface area contributed by atoms with Gasteiger partial charge in [-0.15, -0.1) is 0 Å². The second-order valence-electron chi connectivity index (χ2n) is 3.84. The van der Waals surface area contributed by atoms with Crippen LogP contribution in [0.2, 0.25) is 0 Å². The molecule has 0 aromatic heterocycles. The highest BCUT2D eigenvalue weighted by atomic mass is 16.1. The molecule has 0 amide bonds. The number of hydrogen-bond donors (Lipinski definition) is 2. The number of carbonyl (C=O) groups is 1. The number of nitrogens with two attached hydrogens (primary N) is 2. The number of carbonyl (C=O) groups excluding carboxylic acids is 1. The number of unbranched alkanes of at least 4 members (excludes halogenated alkanes) is 1. The third kappa shape index (κ3) is 8.12. The van der Waals surface area contributed by atoms with Gasteiger partial charge in [0.2, 0.25) is 0 Å². The van der Waals surface area contributed by atoms with Gasteiger partial charge in [-0.05, 0) is 26.2 Å². The molecular weight excluding hydrogens is 190 g/mol. The predicted molar refractivity (Wildman–Crippen MR) is 63.9 cm³/mol. The molecule has 0 saturated carbocycles. The zero-order valence-corrected chi connectivity index (χ0v) is 9.83. The Hall–Kier alpha value is -0.900. The van der Waals surface area contributed by atoms with Crippen molar-refractivity contribution < 1.29 is 4.79 Å². The molecule has 1 unspecified atom stereocenters. The number of hydrogen-bond acceptors (Lipinski definition) is 3. The quantitative estimate of drug-likeness (QED) is 0.361. The Kier molecular flexibility index (Phi) is 7.91. The molecule has 4 nitrogen and oxygen atoms in total. The maximum absolute atomic E-state index is 10.8. The first-order valence-corrected chi connectivity index (χ1v) is 5.62. The monoisotopic (exact) mass is 213 g/mol. The van der Waals surface area contributed by atoms with Crippen molar-refractivity contribution in [3.8, 4) is 0 Å². The van der Waals surface area contributed by atoms with Gasteiger partial charge in [0.15, 0.2) is 0 Å². The van der Waals surface area contributed by atoms with E-state index < -0.39 is 0 Å². The van der Waals surface area contributed by atoms with Crippen molar-refractivity contribution in [2.24, 2.45) is 16.5 Å². The van der Waals surface area contributed by atoms with E-state index in [2.05, 4.69) is 11.9 Å². The van der Waals surface area contributed by atoms with Gasteiger partial charge >= 0.3 is 0 Å². The minimum atomic E-state index is -0.336. The summed E-state index contributed by atoms with van der Waals surface area (Å²) in [7, 11) is 0. The number of aliphatic imine (C=N–C) groups is 1. The van der Waals surface area contributed by atoms with Crippen LogP contribution in [0.5, 0.6) is 0 Å². The van der Waals surface area contributed by atoms with E-state index >= 15 is 0 Å². The van der Waals surface area contributed by atoms with Crippen molar-refractivity contribution in [1.29, 1.82) is 0 Å². The molecule has 0 spiro atoms. The minimum absolute atomic E-state index is 0.0398. The first-order chi connectivity index (χ1) is 7.07. The van der Waals surface area contributed by atoms with Crippen LogP contribution in [0.4, 0.5) is 0 Å². The Morgan fingerprint density at radius 3 is 2.60 bits per heavy atom. The summed E-state index contributed by atoms with van der Waals surface area (Å²) >= 11 is 0. The Morgan fingerprint density at radius 1 is 1.40 bits per heavy atom. The standard InChI is InChI=1S/C11H23N3O/c1-3-4-7-11(13)14-8-5-6-10(12)9(2)15/h10H,3-8,12H2,1-2H3,(H2,13,14). The van der Waals surface area contributed by atoms with Crippen molar-refractivity contribution >= 4 is 11.6 Å². The van der Waals surface area contributed by atoms with Crippen LogP contribution in [0.1, 0.15) is 46.0 Å². The summed E-state index contributed by atoms with van der Waals surface area (Å²) in [4.78, 5) is 15.0. The first-order valence-electron chi connectivity index (χ1n) is 5.62. The van der Waals surface area contributed by atoms with Gasteiger partial charge in [-0.25, -0.2) is 0 Å². The highest BCUT2D eigenvalue weighted by Crippen LogP contribution is 1.98. The lowest BCUT2D eigenvalue weighted by atomic mass is 10.1. The van der Waals surface area contributed by atoms with Crippen molar-refractivity contribution in [1.82, 2.24) is 0 Å². The van der Waals surface area contributed by atoms with Crippen LogP contribution in [-0.2, 0) is 4.79 Å². The lowest BCUT2D eigenvalue weighted by Gasteiger charge is -2.05. The van der Waals surface area contributed by atoms with E-state index in [1.165, 1.54) is 6.92 Å². The highest BCUT2D eigenvalue weighted by Gasteiger charge is 2.06. The third-order valence-electron chi connectivity index (χ3n) is 2.30. The molecule has 0 saturated heterocycles. The zero-order valence-electron chi connectivity index (χ0n) is 9.83. The fourth-order valence-electron chi connectivity index (χ4n) is 1.17. The van der Waals surface area contributed by atoms with Gasteiger partial charge in [-0.3, -0.25) is 9.79 Å². The van der Waals surface area contributed by atoms with Crippen molar-refractivity contribution in [3.63, 3.8) is 0 Å². The summed E-state index contributed by atoms with van der Waals surface area (Å²) in [6.07, 6.45) is 4.61. The molecule has 0 radical (unpaired) electrons. The van der Waals surface area contributed by atoms with Gasteiger partial charge in [-0.1, -0.05) is 13.3 Å². The predicted octanol–water partition coefficient (Wildman–Crippen LogP) is 1.23. The second-order valence-corrected chi connectivity index (χ2v) is 3.84. The van der Waals surface area contributed by atoms with Crippen LogP contribution < -0.4 is 11.5 Å². The lowest BCUT2D eigenvalue weighted by molar-refractivity contribution is -0.118. The maximum Gasteiger partial charge on any atom is 0.146 e. The first kappa shape index (κ1) is 14.1. The summed E-state index contributed by atoms with van der Waals surface area (Å²) in [5.74, 6) is 0.756. The van der Waals surface area contributed by atoms with Gasteiger partial charge in [0.25, 0.3) is 0 Å². The molecule has 0 aromatic carbocycles. The minimum Gasteiger partial charge on any atom is -0.387 e. The van der Waals surface area contributed by atoms with E-state index in [0.29, 0.717) is 18.8 Å². The Morgan fingerprint density at radius 2 is 2.07 bits per heavy atom. The molecule has 15 heavy (non-hydrogen) atoms. The average Bonchev–Trinajstić information content (AvgIpc) is 2.20. The molecule has 0 fully saturated rings. The molecule has 0 aliphatic rings. The molecule has 0 aliphatic heterocycles. The zero-order chi connectivity index (χ0) is 11.7. The van der Waals surface area contributed by atoms with E-state index in [0.717, 1.165) is 25.7 Å². The van der Waals surface area contributed by atoms with Crippen molar-refractivity contribution in [2.45, 2.75) is 52.0 Å². The van der Waals surface area contributed by atoms with E-state index in [4.69, 9.17) is 11.5 Å². The lowest BCUT2D eigenvalue weighted by Crippen LogP contribution is -2.28. The molecule has 4 heteroatoms. The number of rotatable bonds is 8. The van der Waals surface area contributed by atoms with Crippen LogP contribution >= 0.6 is 0 Å². The molecular formula is C11H23N3O. The van der Waals surface area contributed by atoms with Crippen LogP contribution in [0.3, 0.4) is 0 Å². The highest BCUT2D eigenvalue weighted by molar-refractivity contribution is 5.81. The Balaban J connectivity index is 3.55. The molecule has 1 atom stereocenters. The topological polar surface area (TPSA) is 81.5 Å². The van der Waals surface area contributed by atoms with Crippen LogP contribution in [0.15, 0.2) is 4.99 Å². The number of amidine groups is 1. The van der Waals surface area contributed by atoms with Gasteiger partial charge in [-0.2, -0.15) is 0 Å². The SMILES string of the molecule is CCCCC(N)=NCCCC(N)C(C)=O. The smallest absolute Gasteiger partial charge is 0.146 e. The molecule has 0 aliphatic carbocycles. The van der Waals surface area contributed by atoms with Gasteiger partial charge < -0.3 is 11.5 Å². The normalized spacial score (nSPS) is 13.9. The molecule has 0 heterocycles. The largest absolute Gasteiger partial charge is 0.387 e. The average molecular weight is 213 g/mol. The number of ketones is 1. The molecule has 4 N–H and O–H groups in total. The summed E-state index contributed by atoms with van der Waals surface area (Å²) < 4.78 is 0. The summed E-state index contributed by atoms with van der Waals surface area (Å²) in [5, 5.41) is 0. The van der Waals surface area contributed by atoms with Crippen molar-refractivity contribution in [2.75, 3.05) is 6.54 Å². The molecule has 0 bridgehead atoms. The fourth-order valence-corrected chi connectivity index (χ4v) is 1.17. The van der Waals surface area contributed by atoms with E-state index in [1.54, 1.807) is 0 Å². The number of nitrogens with zero attached hydrogens (tertiary/aromatic N) is 1. The fraction of sp³-hybridized carbons (Fsp3) is 0.818. The van der Waals surface area contributed by atoms with E-state index in [1.807, 2.05) is 0 Å². The third-order valence-corrected chi connectivity index (χ3v) is 2.30. The Labute approximate surface area is 92.1 Å². The number of Topliss-reactive ketones (excluding diaryl/α,β-unsaturated/α-hetero) is 1. The Bertz CT molecular complexity index is 214. The van der Waals surface area contributed by atoms with E-state index in [-0.39, 0.29) is 11.8 Å². The van der Waals surface area contributed by atoms with E-state index in [9.17, 15) is 4.79 Å². The molecule has 0 aromatic rings. The summed E-state index contributed by atoms with van der Waals surface area (Å²) in [5.41, 5.74) is 11.3. The second kappa shape index (κ2) is 8.41. The van der Waals surface area contributed by atoms with Crippen LogP contribution in [0.25, 0.3) is 0 Å². The van der Waals surface area contributed by atoms with Gasteiger partial charge in [0, 0.05) is 13.0 Å². The van der Waals surface area contributed by atoms with Gasteiger partial charge in [0.1, 0.15) is 5.78 Å². The summed E-state index contributed by atoms with van der Waals surface area (Å²) in [6, 6.07) is -0.336. The van der Waals surface area contributed by atoms with Crippen molar-refractivity contribution in [3.05, 3.63) is 0 Å². The van der Waals surface area contributed by atoms with Crippen LogP contribution in [-0.4, -0.2) is 24.2 Å². The van der Waals surface area contributed by atoms with Crippen LogP contribution in [0, 0.1) is 0 Å². The molecule has 0 rings (SSSR count). The summed E-state index contributed by atoms with van der Waals surface area (Å²) in [6.45, 7) is 4.32. The molecule has 88 valence electrons.